The minimum atomic E-state index is -4.40. The number of amides is 1. The number of aryl methyl sites for hydroxylation is 2. The van der Waals surface area contributed by atoms with Crippen LogP contribution in [0.25, 0.3) is 0 Å². The lowest BCUT2D eigenvalue weighted by atomic mass is 10.1. The minimum absolute atomic E-state index is 0.174. The van der Waals surface area contributed by atoms with Crippen molar-refractivity contribution >= 4 is 5.91 Å². The number of carbonyl (C=O) groups is 1. The molecule has 0 saturated heterocycles. The third-order valence-corrected chi connectivity index (χ3v) is 4.31. The van der Waals surface area contributed by atoms with E-state index in [-0.39, 0.29) is 19.0 Å². The van der Waals surface area contributed by atoms with Crippen LogP contribution < -0.4 is 5.32 Å². The summed E-state index contributed by atoms with van der Waals surface area (Å²) in [4.78, 5) is 12.7. The molecule has 142 valence electrons. The predicted molar refractivity (Wildman–Crippen MR) is 94.3 cm³/mol. The molecule has 3 aromatic rings. The van der Waals surface area contributed by atoms with Crippen molar-refractivity contribution in [1.29, 1.82) is 0 Å². The second-order valence-electron chi connectivity index (χ2n) is 6.36. The molecule has 27 heavy (non-hydrogen) atoms. The van der Waals surface area contributed by atoms with Gasteiger partial charge < -0.3 is 14.3 Å². The molecule has 0 aliphatic heterocycles. The topological polar surface area (TPSA) is 47.2 Å². The molecule has 0 unspecified atom stereocenters. The van der Waals surface area contributed by atoms with Gasteiger partial charge in [0.25, 0.3) is 5.91 Å². The first-order chi connectivity index (χ1) is 12.8. The number of hydrogen-bond acceptors (Lipinski definition) is 2. The lowest BCUT2D eigenvalue weighted by Gasteiger charge is -2.14. The largest absolute Gasteiger partial charge is 0.467 e. The van der Waals surface area contributed by atoms with Crippen LogP contribution in [-0.4, -0.2) is 10.5 Å². The van der Waals surface area contributed by atoms with Crippen LogP contribution in [0.15, 0.2) is 53.1 Å². The zero-order chi connectivity index (χ0) is 19.6. The Kier molecular flexibility index (Phi) is 5.12. The number of rotatable bonds is 5. The van der Waals surface area contributed by atoms with Gasteiger partial charge in [-0.1, -0.05) is 12.1 Å². The molecule has 0 fully saturated rings. The summed E-state index contributed by atoms with van der Waals surface area (Å²) in [5.41, 5.74) is 1.76. The molecule has 1 N–H and O–H groups in total. The van der Waals surface area contributed by atoms with E-state index in [0.29, 0.717) is 17.0 Å². The Labute approximate surface area is 154 Å². The van der Waals surface area contributed by atoms with Crippen molar-refractivity contribution < 1.29 is 22.4 Å². The lowest BCUT2D eigenvalue weighted by Crippen LogP contribution is -2.26. The third-order valence-electron chi connectivity index (χ3n) is 4.31. The first-order valence-electron chi connectivity index (χ1n) is 8.39. The SMILES string of the molecule is Cc1cc(C)n(Cc2cccc(C(F)(F)F)c2)c1C(=O)NCc1ccco1. The number of halogens is 3. The number of alkyl halides is 3. The van der Waals surface area contributed by atoms with Gasteiger partial charge in [0.15, 0.2) is 0 Å². The maximum absolute atomic E-state index is 13.0. The van der Waals surface area contributed by atoms with Crippen LogP contribution in [-0.2, 0) is 19.3 Å². The van der Waals surface area contributed by atoms with Crippen LogP contribution in [0.2, 0.25) is 0 Å². The van der Waals surface area contributed by atoms with E-state index in [0.717, 1.165) is 23.4 Å². The fourth-order valence-corrected chi connectivity index (χ4v) is 3.05. The van der Waals surface area contributed by atoms with Crippen molar-refractivity contribution in [1.82, 2.24) is 9.88 Å². The number of hydrogen-bond donors (Lipinski definition) is 1. The van der Waals surface area contributed by atoms with Gasteiger partial charge in [-0.2, -0.15) is 13.2 Å². The molecule has 4 nitrogen and oxygen atoms in total. The molecule has 0 saturated carbocycles. The molecule has 0 atom stereocenters. The number of carbonyl (C=O) groups excluding carboxylic acids is 1. The molecule has 3 rings (SSSR count). The molecule has 1 aromatic carbocycles. The van der Waals surface area contributed by atoms with Gasteiger partial charge >= 0.3 is 6.18 Å². The first kappa shape index (κ1) is 18.8. The van der Waals surface area contributed by atoms with Crippen LogP contribution in [0.3, 0.4) is 0 Å². The van der Waals surface area contributed by atoms with Gasteiger partial charge in [0, 0.05) is 12.2 Å². The Morgan fingerprint density at radius 3 is 2.59 bits per heavy atom. The van der Waals surface area contributed by atoms with Gasteiger partial charge in [-0.25, -0.2) is 0 Å². The first-order valence-corrected chi connectivity index (χ1v) is 8.39. The summed E-state index contributed by atoms with van der Waals surface area (Å²) in [5, 5.41) is 2.78. The van der Waals surface area contributed by atoms with Crippen molar-refractivity contribution in [2.75, 3.05) is 0 Å². The highest BCUT2D eigenvalue weighted by molar-refractivity contribution is 5.94. The summed E-state index contributed by atoms with van der Waals surface area (Å²) in [5.74, 6) is 0.317. The molecular formula is C20H19F3N2O2. The summed E-state index contributed by atoms with van der Waals surface area (Å²) in [7, 11) is 0. The van der Waals surface area contributed by atoms with Gasteiger partial charge in [0.05, 0.1) is 18.4 Å². The second-order valence-corrected chi connectivity index (χ2v) is 6.36. The molecule has 7 heteroatoms. The van der Waals surface area contributed by atoms with Crippen molar-refractivity contribution in [3.63, 3.8) is 0 Å². The van der Waals surface area contributed by atoms with Gasteiger partial charge in [-0.3, -0.25) is 4.79 Å². The van der Waals surface area contributed by atoms with E-state index in [9.17, 15) is 18.0 Å². The smallest absolute Gasteiger partial charge is 0.416 e. The van der Waals surface area contributed by atoms with E-state index in [1.807, 2.05) is 13.0 Å². The van der Waals surface area contributed by atoms with Crippen LogP contribution >= 0.6 is 0 Å². The average molecular weight is 376 g/mol. The fraction of sp³-hybridized carbons (Fsp3) is 0.250. The highest BCUT2D eigenvalue weighted by Crippen LogP contribution is 2.30. The van der Waals surface area contributed by atoms with Gasteiger partial charge in [-0.15, -0.1) is 0 Å². The molecule has 2 aromatic heterocycles. The number of aromatic nitrogens is 1. The Balaban J connectivity index is 1.85. The van der Waals surface area contributed by atoms with Gasteiger partial charge in [-0.05, 0) is 55.3 Å². The maximum atomic E-state index is 13.0. The Bertz CT molecular complexity index is 941. The highest BCUT2D eigenvalue weighted by Gasteiger charge is 2.30. The fourth-order valence-electron chi connectivity index (χ4n) is 3.05. The van der Waals surface area contributed by atoms with E-state index in [2.05, 4.69) is 5.32 Å². The van der Waals surface area contributed by atoms with E-state index in [1.165, 1.54) is 12.3 Å². The minimum Gasteiger partial charge on any atom is -0.467 e. The number of nitrogens with one attached hydrogen (secondary N) is 1. The van der Waals surface area contributed by atoms with Crippen LogP contribution in [0.5, 0.6) is 0 Å². The van der Waals surface area contributed by atoms with Crippen molar-refractivity contribution in [2.24, 2.45) is 0 Å². The summed E-state index contributed by atoms with van der Waals surface area (Å²) in [6.45, 7) is 4.04. The molecule has 0 radical (unpaired) electrons. The van der Waals surface area contributed by atoms with Crippen molar-refractivity contribution in [3.05, 3.63) is 82.6 Å². The summed E-state index contributed by atoms with van der Waals surface area (Å²) in [6.07, 6.45) is -2.88. The van der Waals surface area contributed by atoms with Crippen LogP contribution in [0.4, 0.5) is 13.2 Å². The van der Waals surface area contributed by atoms with E-state index in [1.54, 1.807) is 29.7 Å². The quantitative estimate of drug-likeness (QED) is 0.702. The zero-order valence-electron chi connectivity index (χ0n) is 14.9. The average Bonchev–Trinajstić information content (AvgIpc) is 3.21. The zero-order valence-corrected chi connectivity index (χ0v) is 14.9. The molecule has 0 bridgehead atoms. The van der Waals surface area contributed by atoms with Crippen molar-refractivity contribution in [2.45, 2.75) is 33.1 Å². The highest BCUT2D eigenvalue weighted by atomic mass is 19.4. The lowest BCUT2D eigenvalue weighted by molar-refractivity contribution is -0.137. The normalized spacial score (nSPS) is 11.6. The van der Waals surface area contributed by atoms with Gasteiger partial charge in [0.1, 0.15) is 11.5 Å². The Hall–Kier alpha value is -2.96. The number of nitrogens with zero attached hydrogens (tertiary/aromatic N) is 1. The maximum Gasteiger partial charge on any atom is 0.416 e. The third kappa shape index (κ3) is 4.24. The molecule has 1 amide bonds. The molecule has 0 aliphatic rings. The molecular weight excluding hydrogens is 357 g/mol. The number of furan rings is 1. The van der Waals surface area contributed by atoms with Crippen LogP contribution in [0, 0.1) is 13.8 Å². The molecule has 0 aliphatic carbocycles. The summed E-state index contributed by atoms with van der Waals surface area (Å²) >= 11 is 0. The van der Waals surface area contributed by atoms with Crippen molar-refractivity contribution in [3.8, 4) is 0 Å². The van der Waals surface area contributed by atoms with Gasteiger partial charge in [0.2, 0.25) is 0 Å². The standard InChI is InChI=1S/C20H19F3N2O2/c1-13-9-14(2)25(12-15-5-3-6-16(10-15)20(21,22)23)18(13)19(26)24-11-17-7-4-8-27-17/h3-10H,11-12H2,1-2H3,(H,24,26). The Morgan fingerprint density at radius 1 is 1.15 bits per heavy atom. The second kappa shape index (κ2) is 7.34. The number of benzene rings is 1. The van der Waals surface area contributed by atoms with Crippen LogP contribution in [0.1, 0.15) is 38.6 Å². The molecule has 2 heterocycles. The molecule has 0 spiro atoms. The monoisotopic (exact) mass is 376 g/mol. The summed E-state index contributed by atoms with van der Waals surface area (Å²) in [6, 6.07) is 10.5. The van der Waals surface area contributed by atoms with E-state index in [4.69, 9.17) is 4.42 Å². The van der Waals surface area contributed by atoms with E-state index < -0.39 is 11.7 Å². The summed E-state index contributed by atoms with van der Waals surface area (Å²) < 4.78 is 45.8. The van der Waals surface area contributed by atoms with E-state index >= 15 is 0 Å². The Morgan fingerprint density at radius 2 is 1.93 bits per heavy atom. The predicted octanol–water partition coefficient (Wildman–Crippen LogP) is 4.70.